The number of carbonyl (C=O) groups is 4. The Labute approximate surface area is 292 Å². The SMILES string of the molecule is COc1cc(OCC(=O)N(C)CCc2ccc(-c3ccccc3)c(N(C(=O)O)[C@H]3CC[C@H](NC(=O)OC(C)(C)C)CC3)c2)c(Cl)cc1C=O. The zero-order valence-corrected chi connectivity index (χ0v) is 29.3. The minimum atomic E-state index is -1.06. The van der Waals surface area contributed by atoms with Crippen molar-refractivity contribution in [1.29, 1.82) is 0 Å². The number of amides is 3. The highest BCUT2D eigenvalue weighted by atomic mass is 35.5. The number of nitrogens with one attached hydrogen (secondary N) is 1. The third-order valence-corrected chi connectivity index (χ3v) is 8.61. The maximum Gasteiger partial charge on any atom is 0.412 e. The van der Waals surface area contributed by atoms with Gasteiger partial charge in [-0.3, -0.25) is 14.5 Å². The van der Waals surface area contributed by atoms with E-state index in [-0.39, 0.29) is 46.7 Å². The summed E-state index contributed by atoms with van der Waals surface area (Å²) in [5.74, 6) is 0.209. The standard InChI is InChI=1S/C37H44ClN3O8/c1-37(2,3)49-35(44)39-27-12-14-28(15-13-27)41(36(45)46)31-19-24(11-16-29(31)25-9-7-6-8-10-25)17-18-40(4)34(43)23-48-33-21-32(47-5)26(22-42)20-30(33)38/h6-11,16,19-22,27-28H,12-15,17-18,23H2,1-5H3,(H,39,44)(H,45,46)/t27-,28-. The fourth-order valence-electron chi connectivity index (χ4n) is 5.80. The van der Waals surface area contributed by atoms with Gasteiger partial charge in [-0.2, -0.15) is 0 Å². The molecule has 0 saturated heterocycles. The Bertz CT molecular complexity index is 1630. The van der Waals surface area contributed by atoms with E-state index in [1.165, 1.54) is 29.0 Å². The van der Waals surface area contributed by atoms with E-state index in [0.717, 1.165) is 16.7 Å². The molecule has 1 fully saturated rings. The summed E-state index contributed by atoms with van der Waals surface area (Å²) in [4.78, 5) is 52.4. The fourth-order valence-corrected chi connectivity index (χ4v) is 6.03. The van der Waals surface area contributed by atoms with E-state index >= 15 is 0 Å². The number of methoxy groups -OCH3 is 1. The zero-order chi connectivity index (χ0) is 35.7. The average molecular weight is 694 g/mol. The number of hydrogen-bond donors (Lipinski definition) is 2. The van der Waals surface area contributed by atoms with Crippen LogP contribution in [0.15, 0.2) is 60.7 Å². The van der Waals surface area contributed by atoms with Crippen LogP contribution in [0.3, 0.4) is 0 Å². The monoisotopic (exact) mass is 693 g/mol. The molecule has 3 aromatic carbocycles. The summed E-state index contributed by atoms with van der Waals surface area (Å²) in [5.41, 5.74) is 2.76. The van der Waals surface area contributed by atoms with E-state index in [1.807, 2.05) is 69.3 Å². The molecule has 3 aromatic rings. The summed E-state index contributed by atoms with van der Waals surface area (Å²) in [6.07, 6.45) is 1.91. The lowest BCUT2D eigenvalue weighted by molar-refractivity contribution is -0.132. The van der Waals surface area contributed by atoms with Crippen LogP contribution >= 0.6 is 11.6 Å². The molecule has 1 saturated carbocycles. The van der Waals surface area contributed by atoms with Gasteiger partial charge in [0, 0.05) is 37.3 Å². The summed E-state index contributed by atoms with van der Waals surface area (Å²) in [5, 5.41) is 13.6. The number of likely N-dealkylation sites (N-methyl/N-ethyl adjacent to an activating group) is 1. The molecule has 3 amide bonds. The topological polar surface area (TPSA) is 135 Å². The quantitative estimate of drug-likeness (QED) is 0.190. The van der Waals surface area contributed by atoms with Crippen LogP contribution in [0.25, 0.3) is 11.1 Å². The first-order chi connectivity index (χ1) is 23.3. The number of ether oxygens (including phenoxy) is 3. The van der Waals surface area contributed by atoms with Crippen LogP contribution in [-0.4, -0.2) is 79.4 Å². The van der Waals surface area contributed by atoms with Gasteiger partial charge >= 0.3 is 12.2 Å². The molecule has 4 rings (SSSR count). The van der Waals surface area contributed by atoms with Gasteiger partial charge in [0.15, 0.2) is 12.9 Å². The molecule has 1 aliphatic rings. The number of rotatable bonds is 12. The summed E-state index contributed by atoms with van der Waals surface area (Å²) in [6, 6.07) is 17.9. The second-order valence-electron chi connectivity index (χ2n) is 13.0. The van der Waals surface area contributed by atoms with Crippen molar-refractivity contribution in [2.75, 3.05) is 32.2 Å². The number of alkyl carbamates (subject to hydrolysis) is 1. The molecule has 2 N–H and O–H groups in total. The smallest absolute Gasteiger partial charge is 0.412 e. The molecule has 0 unspecified atom stereocenters. The van der Waals surface area contributed by atoms with Crippen LogP contribution in [0.2, 0.25) is 5.02 Å². The van der Waals surface area contributed by atoms with Gasteiger partial charge in [-0.25, -0.2) is 9.59 Å². The minimum absolute atomic E-state index is 0.104. The molecule has 0 aromatic heterocycles. The molecule has 0 aliphatic heterocycles. The van der Waals surface area contributed by atoms with Crippen molar-refractivity contribution in [3.05, 3.63) is 76.8 Å². The summed E-state index contributed by atoms with van der Waals surface area (Å²) in [6.45, 7) is 5.50. The molecule has 1 aliphatic carbocycles. The molecule has 11 nitrogen and oxygen atoms in total. The Morgan fingerprint density at radius 3 is 2.31 bits per heavy atom. The van der Waals surface area contributed by atoms with Crippen molar-refractivity contribution in [3.8, 4) is 22.6 Å². The third kappa shape index (κ3) is 10.1. The predicted octanol–water partition coefficient (Wildman–Crippen LogP) is 7.23. The average Bonchev–Trinajstić information content (AvgIpc) is 3.06. The number of aldehydes is 1. The molecular formula is C37H44ClN3O8. The predicted molar refractivity (Wildman–Crippen MR) is 188 cm³/mol. The van der Waals surface area contributed by atoms with E-state index in [1.54, 1.807) is 7.05 Å². The lowest BCUT2D eigenvalue weighted by atomic mass is 9.89. The number of hydrogen-bond acceptors (Lipinski definition) is 7. The van der Waals surface area contributed by atoms with Gasteiger partial charge in [0.1, 0.15) is 17.1 Å². The van der Waals surface area contributed by atoms with Crippen LogP contribution in [0, 0.1) is 0 Å². The van der Waals surface area contributed by atoms with Crippen LogP contribution in [0.1, 0.15) is 62.4 Å². The van der Waals surface area contributed by atoms with Crippen LogP contribution in [0.5, 0.6) is 11.5 Å². The van der Waals surface area contributed by atoms with Crippen molar-refractivity contribution in [1.82, 2.24) is 10.2 Å². The van der Waals surface area contributed by atoms with Gasteiger partial charge in [0.25, 0.3) is 5.91 Å². The zero-order valence-electron chi connectivity index (χ0n) is 28.5. The Balaban J connectivity index is 1.47. The molecule has 262 valence electrons. The second kappa shape index (κ2) is 16.6. The van der Waals surface area contributed by atoms with Crippen LogP contribution in [-0.2, 0) is 16.0 Å². The highest BCUT2D eigenvalue weighted by molar-refractivity contribution is 6.32. The van der Waals surface area contributed by atoms with Crippen molar-refractivity contribution in [2.24, 2.45) is 0 Å². The maximum atomic E-state index is 12.9. The van der Waals surface area contributed by atoms with Gasteiger partial charge in [-0.15, -0.1) is 0 Å². The van der Waals surface area contributed by atoms with E-state index in [2.05, 4.69) is 5.32 Å². The number of halogens is 1. The van der Waals surface area contributed by atoms with Gasteiger partial charge in [0.05, 0.1) is 23.4 Å². The lowest BCUT2D eigenvalue weighted by Gasteiger charge is -2.36. The molecule has 49 heavy (non-hydrogen) atoms. The molecule has 0 atom stereocenters. The van der Waals surface area contributed by atoms with Crippen molar-refractivity contribution >= 4 is 41.7 Å². The maximum absolute atomic E-state index is 12.9. The van der Waals surface area contributed by atoms with Gasteiger partial charge in [0.2, 0.25) is 0 Å². The lowest BCUT2D eigenvalue weighted by Crippen LogP contribution is -2.47. The number of carbonyl (C=O) groups excluding carboxylic acids is 3. The van der Waals surface area contributed by atoms with E-state index in [0.29, 0.717) is 50.6 Å². The normalized spacial score (nSPS) is 15.9. The Morgan fingerprint density at radius 2 is 1.69 bits per heavy atom. The van der Waals surface area contributed by atoms with E-state index < -0.39 is 17.8 Å². The number of benzene rings is 3. The van der Waals surface area contributed by atoms with Crippen molar-refractivity contribution < 1.29 is 38.5 Å². The minimum Gasteiger partial charge on any atom is -0.496 e. The summed E-state index contributed by atoms with van der Waals surface area (Å²) < 4.78 is 16.3. The number of nitrogens with zero attached hydrogens (tertiary/aromatic N) is 2. The summed E-state index contributed by atoms with van der Waals surface area (Å²) in [7, 11) is 3.08. The number of carboxylic acid groups (broad SMARTS) is 1. The highest BCUT2D eigenvalue weighted by Gasteiger charge is 2.33. The van der Waals surface area contributed by atoms with E-state index in [4.69, 9.17) is 25.8 Å². The first-order valence-corrected chi connectivity index (χ1v) is 16.6. The van der Waals surface area contributed by atoms with Crippen molar-refractivity contribution in [3.63, 3.8) is 0 Å². The molecule has 0 spiro atoms. The molecule has 0 heterocycles. The molecular weight excluding hydrogens is 650 g/mol. The fraction of sp³-hybridized carbons (Fsp3) is 0.405. The number of anilines is 1. The molecule has 0 bridgehead atoms. The molecule has 0 radical (unpaired) electrons. The Kier molecular flexibility index (Phi) is 12.5. The van der Waals surface area contributed by atoms with Gasteiger partial charge in [-0.05, 0) is 76.1 Å². The Hall–Kier alpha value is -4.77. The third-order valence-electron chi connectivity index (χ3n) is 8.32. The van der Waals surface area contributed by atoms with Crippen LogP contribution in [0.4, 0.5) is 15.3 Å². The first-order valence-electron chi connectivity index (χ1n) is 16.2. The van der Waals surface area contributed by atoms with Crippen molar-refractivity contribution in [2.45, 2.75) is 70.6 Å². The van der Waals surface area contributed by atoms with Gasteiger partial charge in [-0.1, -0.05) is 54.1 Å². The Morgan fingerprint density at radius 1 is 1.00 bits per heavy atom. The largest absolute Gasteiger partial charge is 0.496 e. The molecule has 12 heteroatoms. The first kappa shape index (κ1) is 37.1. The second-order valence-corrected chi connectivity index (χ2v) is 13.4. The van der Waals surface area contributed by atoms with Gasteiger partial charge < -0.3 is 29.5 Å². The van der Waals surface area contributed by atoms with E-state index in [9.17, 15) is 24.3 Å². The van der Waals surface area contributed by atoms with Crippen LogP contribution < -0.4 is 19.7 Å². The summed E-state index contributed by atoms with van der Waals surface area (Å²) >= 11 is 6.23. The highest BCUT2D eigenvalue weighted by Crippen LogP contribution is 2.37.